The molecule has 0 aromatic carbocycles. The van der Waals surface area contributed by atoms with E-state index in [1.54, 1.807) is 12.2 Å². The number of rotatable bonds is 33. The second-order valence-electron chi connectivity index (χ2n) is 13.9. The number of allylic oxidation sites excluding steroid dienone is 11. The van der Waals surface area contributed by atoms with Crippen LogP contribution in [0.3, 0.4) is 0 Å². The topological polar surface area (TPSA) is 157 Å². The van der Waals surface area contributed by atoms with Gasteiger partial charge in [0.05, 0.1) is 12.7 Å². The standard InChI is InChI=1S/C43H69O10P/c1-3-5-7-8-9-10-11-12-13-14-15-16-17-18-19-20-26-30-43(47)53-39(36-52-54(48,49)50)35-51-42(46)29-25-22-21-24-27-37-31-34-41(45)40(37)33-32-38(44)28-23-6-4-2/h12-13,15-16,18-19,21,24,31-34,37-40,44H,3-11,14,17,20,22-23,25-30,35-36H2,1-2H3,(H2,48,49,50)/b13-12-,16-15-,19-18-,24-21-,33-32+/t37-,38-,39+,40+/m0/s1. The van der Waals surface area contributed by atoms with Gasteiger partial charge in [0.15, 0.2) is 11.9 Å². The summed E-state index contributed by atoms with van der Waals surface area (Å²) in [6.45, 7) is 3.35. The molecule has 0 radical (unpaired) electrons. The first-order valence-electron chi connectivity index (χ1n) is 20.3. The number of phosphoric acid groups is 1. The van der Waals surface area contributed by atoms with Gasteiger partial charge in [-0.25, -0.2) is 4.57 Å². The van der Waals surface area contributed by atoms with Crippen LogP contribution in [0.1, 0.15) is 142 Å². The number of aliphatic hydroxyl groups is 1. The molecule has 1 aliphatic rings. The summed E-state index contributed by atoms with van der Waals surface area (Å²) in [5.41, 5.74) is 0. The first-order chi connectivity index (χ1) is 26.1. The van der Waals surface area contributed by atoms with Gasteiger partial charge in [-0.2, -0.15) is 0 Å². The number of carbonyl (C=O) groups is 3. The van der Waals surface area contributed by atoms with Gasteiger partial charge in [-0.1, -0.05) is 132 Å². The minimum absolute atomic E-state index is 0.0219. The predicted molar refractivity (Wildman–Crippen MR) is 215 cm³/mol. The van der Waals surface area contributed by atoms with Crippen molar-refractivity contribution in [2.75, 3.05) is 13.2 Å². The molecule has 0 bridgehead atoms. The van der Waals surface area contributed by atoms with Gasteiger partial charge in [-0.3, -0.25) is 18.9 Å². The maximum Gasteiger partial charge on any atom is 0.469 e. The fourth-order valence-electron chi connectivity index (χ4n) is 5.79. The van der Waals surface area contributed by atoms with Crippen molar-refractivity contribution in [3.8, 4) is 0 Å². The first kappa shape index (κ1) is 49.1. The third kappa shape index (κ3) is 28.5. The Morgan fingerprint density at radius 2 is 1.33 bits per heavy atom. The Labute approximate surface area is 325 Å². The van der Waals surface area contributed by atoms with E-state index < -0.39 is 38.6 Å². The van der Waals surface area contributed by atoms with Gasteiger partial charge in [0.25, 0.3) is 0 Å². The third-order valence-corrected chi connectivity index (χ3v) is 9.43. The van der Waals surface area contributed by atoms with E-state index in [9.17, 15) is 24.1 Å². The zero-order valence-corrected chi connectivity index (χ0v) is 33.8. The monoisotopic (exact) mass is 776 g/mol. The fraction of sp³-hybridized carbons (Fsp3) is 0.651. The quantitative estimate of drug-likeness (QED) is 0.0254. The zero-order chi connectivity index (χ0) is 39.7. The van der Waals surface area contributed by atoms with Crippen LogP contribution in [0.15, 0.2) is 72.9 Å². The van der Waals surface area contributed by atoms with Crippen molar-refractivity contribution in [3.63, 3.8) is 0 Å². The normalized spacial score (nSPS) is 17.6. The number of hydrogen-bond acceptors (Lipinski definition) is 8. The number of aliphatic hydroxyl groups excluding tert-OH is 1. The second kappa shape index (κ2) is 32.4. The van der Waals surface area contributed by atoms with Crippen LogP contribution in [-0.4, -0.2) is 58.0 Å². The van der Waals surface area contributed by atoms with Crippen LogP contribution in [0.2, 0.25) is 0 Å². The lowest BCUT2D eigenvalue weighted by atomic mass is 9.90. The third-order valence-electron chi connectivity index (χ3n) is 8.95. The molecule has 0 saturated carbocycles. The summed E-state index contributed by atoms with van der Waals surface area (Å²) in [7, 11) is -4.82. The molecule has 3 N–H and O–H groups in total. The zero-order valence-electron chi connectivity index (χ0n) is 32.9. The molecule has 0 aliphatic heterocycles. The highest BCUT2D eigenvalue weighted by molar-refractivity contribution is 7.46. The molecule has 4 atom stereocenters. The molecule has 0 unspecified atom stereocenters. The molecule has 0 aromatic rings. The Bertz CT molecular complexity index is 1240. The van der Waals surface area contributed by atoms with E-state index in [-0.39, 0.29) is 37.1 Å². The molecule has 10 nitrogen and oxygen atoms in total. The summed E-state index contributed by atoms with van der Waals surface area (Å²) in [6.07, 6.45) is 39.7. The first-order valence-corrected chi connectivity index (χ1v) is 21.8. The summed E-state index contributed by atoms with van der Waals surface area (Å²) >= 11 is 0. The van der Waals surface area contributed by atoms with Crippen molar-refractivity contribution < 1.29 is 47.8 Å². The van der Waals surface area contributed by atoms with Gasteiger partial charge in [-0.15, -0.1) is 0 Å². The van der Waals surface area contributed by atoms with Crippen LogP contribution in [0.25, 0.3) is 0 Å². The van der Waals surface area contributed by atoms with Crippen molar-refractivity contribution in [1.82, 2.24) is 0 Å². The average Bonchev–Trinajstić information content (AvgIpc) is 3.49. The highest BCUT2D eigenvalue weighted by Gasteiger charge is 2.27. The summed E-state index contributed by atoms with van der Waals surface area (Å²) in [5, 5.41) is 10.2. The summed E-state index contributed by atoms with van der Waals surface area (Å²) in [6, 6.07) is 0. The maximum atomic E-state index is 12.4. The Morgan fingerprint density at radius 1 is 0.759 bits per heavy atom. The number of hydrogen-bond donors (Lipinski definition) is 3. The van der Waals surface area contributed by atoms with Gasteiger partial charge >= 0.3 is 19.8 Å². The number of phosphoric ester groups is 1. The largest absolute Gasteiger partial charge is 0.469 e. The summed E-state index contributed by atoms with van der Waals surface area (Å²) in [4.78, 5) is 55.3. The van der Waals surface area contributed by atoms with Crippen molar-refractivity contribution >= 4 is 25.5 Å². The van der Waals surface area contributed by atoms with Gasteiger partial charge in [0, 0.05) is 18.8 Å². The molecule has 0 aromatic heterocycles. The highest BCUT2D eigenvalue weighted by atomic mass is 31.2. The molecular weight excluding hydrogens is 707 g/mol. The van der Waals surface area contributed by atoms with Crippen molar-refractivity contribution in [1.29, 1.82) is 0 Å². The maximum absolute atomic E-state index is 12.4. The number of ether oxygens (including phenoxy) is 2. The number of unbranched alkanes of at least 4 members (excludes halogenated alkanes) is 10. The molecule has 54 heavy (non-hydrogen) atoms. The molecule has 306 valence electrons. The van der Waals surface area contributed by atoms with Gasteiger partial charge in [0.1, 0.15) is 6.61 Å². The van der Waals surface area contributed by atoms with Crippen LogP contribution >= 0.6 is 7.82 Å². The van der Waals surface area contributed by atoms with E-state index >= 15 is 0 Å². The SMILES string of the molecule is CCCCCCCC/C=C\C/C=C\C/C=C\CCCC(=O)O[C@H](COC(=O)CCC/C=C\C[C@H]1C=CC(=O)[C@@H]1/C=C/[C@@H](O)CCCCC)COP(=O)(O)O. The summed E-state index contributed by atoms with van der Waals surface area (Å²) in [5.74, 6) is -1.33. The smallest absolute Gasteiger partial charge is 0.462 e. The number of esters is 2. The lowest BCUT2D eigenvalue weighted by Gasteiger charge is -2.18. The molecule has 0 amide bonds. The van der Waals surface area contributed by atoms with Crippen LogP contribution in [0.5, 0.6) is 0 Å². The fourth-order valence-corrected chi connectivity index (χ4v) is 6.15. The predicted octanol–water partition coefficient (Wildman–Crippen LogP) is 9.91. The Kier molecular flexibility index (Phi) is 29.5. The lowest BCUT2D eigenvalue weighted by molar-refractivity contribution is -0.161. The Balaban J connectivity index is 2.31. The number of ketones is 1. The Hall–Kier alpha value is -2.88. The van der Waals surface area contributed by atoms with Crippen LogP contribution < -0.4 is 0 Å². The van der Waals surface area contributed by atoms with E-state index in [1.165, 1.54) is 38.5 Å². The van der Waals surface area contributed by atoms with E-state index in [4.69, 9.17) is 19.3 Å². The molecule has 11 heteroatoms. The number of carbonyl (C=O) groups excluding carboxylic acids is 3. The van der Waals surface area contributed by atoms with E-state index in [0.29, 0.717) is 38.5 Å². The molecular formula is C43H69O10P. The molecule has 0 saturated heterocycles. The van der Waals surface area contributed by atoms with Crippen molar-refractivity contribution in [2.24, 2.45) is 11.8 Å². The van der Waals surface area contributed by atoms with E-state index in [2.05, 4.69) is 42.7 Å². The van der Waals surface area contributed by atoms with E-state index in [1.807, 2.05) is 36.5 Å². The van der Waals surface area contributed by atoms with Gasteiger partial charge in [0.2, 0.25) is 0 Å². The second-order valence-corrected chi connectivity index (χ2v) is 15.2. The van der Waals surface area contributed by atoms with Crippen molar-refractivity contribution in [3.05, 3.63) is 72.9 Å². The van der Waals surface area contributed by atoms with Gasteiger partial charge in [-0.05, 0) is 76.2 Å². The molecule has 0 spiro atoms. The van der Waals surface area contributed by atoms with Crippen LogP contribution in [0, 0.1) is 11.8 Å². The minimum atomic E-state index is -4.82. The molecule has 1 rings (SSSR count). The summed E-state index contributed by atoms with van der Waals surface area (Å²) < 4.78 is 26.3. The molecule has 0 fully saturated rings. The lowest BCUT2D eigenvalue weighted by Crippen LogP contribution is -2.29. The van der Waals surface area contributed by atoms with E-state index in [0.717, 1.165) is 38.5 Å². The Morgan fingerprint density at radius 3 is 2.00 bits per heavy atom. The van der Waals surface area contributed by atoms with Crippen LogP contribution in [0.4, 0.5) is 0 Å². The van der Waals surface area contributed by atoms with Crippen molar-refractivity contribution in [2.45, 2.75) is 154 Å². The highest BCUT2D eigenvalue weighted by Crippen LogP contribution is 2.36. The molecule has 1 aliphatic carbocycles. The average molecular weight is 777 g/mol. The molecule has 0 heterocycles. The van der Waals surface area contributed by atoms with Gasteiger partial charge < -0.3 is 24.4 Å². The minimum Gasteiger partial charge on any atom is -0.462 e. The van der Waals surface area contributed by atoms with Crippen LogP contribution in [-0.2, 0) is 32.9 Å².